The first-order valence-corrected chi connectivity index (χ1v) is 15.2. The SMILES string of the molecule is CC1C=C(Oc2ccc(NC(=O)NC3CC3)cc2F)c2sc(-c3ccc(CC4CCCNCCC4)cn3)cc2N1. The molecule has 0 bridgehead atoms. The quantitative estimate of drug-likeness (QED) is 0.255. The van der Waals surface area contributed by atoms with Crippen molar-refractivity contribution in [3.05, 3.63) is 64.9 Å². The molecule has 1 unspecified atom stereocenters. The second-order valence-corrected chi connectivity index (χ2v) is 12.1. The molecular formula is C31H36FN5O2S. The minimum Gasteiger partial charge on any atom is -0.453 e. The van der Waals surface area contributed by atoms with Crippen molar-refractivity contribution in [3.8, 4) is 16.3 Å². The van der Waals surface area contributed by atoms with E-state index in [1.165, 1.54) is 37.3 Å². The molecule has 4 N–H and O–H groups in total. The van der Waals surface area contributed by atoms with Crippen LogP contribution in [-0.2, 0) is 6.42 Å². The van der Waals surface area contributed by atoms with Gasteiger partial charge >= 0.3 is 6.03 Å². The van der Waals surface area contributed by atoms with E-state index in [2.05, 4.69) is 39.5 Å². The fourth-order valence-corrected chi connectivity index (χ4v) is 6.43. The lowest BCUT2D eigenvalue weighted by Gasteiger charge is -2.21. The second kappa shape index (κ2) is 12.0. The summed E-state index contributed by atoms with van der Waals surface area (Å²) in [5, 5.41) is 12.5. The maximum atomic E-state index is 15.0. The minimum absolute atomic E-state index is 0.0226. The number of rotatable bonds is 7. The third kappa shape index (κ3) is 6.64. The Morgan fingerprint density at radius 2 is 1.95 bits per heavy atom. The first kappa shape index (κ1) is 26.8. The molecule has 2 amide bonds. The number of pyridine rings is 1. The summed E-state index contributed by atoms with van der Waals surface area (Å²) in [5.74, 6) is 0.915. The van der Waals surface area contributed by atoms with E-state index in [0.29, 0.717) is 11.4 Å². The molecule has 2 aromatic heterocycles. The zero-order valence-electron chi connectivity index (χ0n) is 22.8. The van der Waals surface area contributed by atoms with Gasteiger partial charge in [0.25, 0.3) is 0 Å². The second-order valence-electron chi connectivity index (χ2n) is 11.1. The van der Waals surface area contributed by atoms with Crippen molar-refractivity contribution >= 4 is 34.5 Å². The van der Waals surface area contributed by atoms with E-state index >= 15 is 0 Å². The predicted octanol–water partition coefficient (Wildman–Crippen LogP) is 6.79. The van der Waals surface area contributed by atoms with Crippen molar-refractivity contribution < 1.29 is 13.9 Å². The first-order chi connectivity index (χ1) is 19.5. The van der Waals surface area contributed by atoms with E-state index in [-0.39, 0.29) is 23.9 Å². The van der Waals surface area contributed by atoms with E-state index in [9.17, 15) is 9.18 Å². The number of urea groups is 1. The standard InChI is InChI=1S/C31H36FN5O2S/c1-19-14-28(39-27-11-9-23(16-24(27)32)37-31(38)36-22-7-8-22)30-26(35-19)17-29(40-30)25-10-6-21(18-34-25)15-20-4-2-12-33-13-3-5-20/h6,9-11,14,16-20,22,33,35H,2-5,7-8,12-13,15H2,1H3,(H2,36,37,38). The van der Waals surface area contributed by atoms with Crippen molar-refractivity contribution in [1.82, 2.24) is 15.6 Å². The zero-order chi connectivity index (χ0) is 27.5. The van der Waals surface area contributed by atoms with Crippen LogP contribution in [0.3, 0.4) is 0 Å². The average Bonchev–Trinajstić information content (AvgIpc) is 3.62. The molecule has 40 heavy (non-hydrogen) atoms. The van der Waals surface area contributed by atoms with E-state index in [1.54, 1.807) is 23.5 Å². The van der Waals surface area contributed by atoms with Gasteiger partial charge in [0.2, 0.25) is 0 Å². The van der Waals surface area contributed by atoms with Crippen LogP contribution in [0.25, 0.3) is 16.3 Å². The number of aromatic nitrogens is 1. The number of carbonyl (C=O) groups is 1. The van der Waals surface area contributed by atoms with Gasteiger partial charge < -0.3 is 26.0 Å². The highest BCUT2D eigenvalue weighted by Gasteiger charge is 2.25. The Hall–Kier alpha value is -3.43. The Morgan fingerprint density at radius 3 is 2.67 bits per heavy atom. The summed E-state index contributed by atoms with van der Waals surface area (Å²) in [4.78, 5) is 18.8. The van der Waals surface area contributed by atoms with Crippen LogP contribution in [0.1, 0.15) is 55.9 Å². The van der Waals surface area contributed by atoms with Crippen LogP contribution in [0, 0.1) is 11.7 Å². The van der Waals surface area contributed by atoms with Crippen LogP contribution in [-0.4, -0.2) is 36.2 Å². The highest BCUT2D eigenvalue weighted by atomic mass is 32.1. The predicted molar refractivity (Wildman–Crippen MR) is 159 cm³/mol. The van der Waals surface area contributed by atoms with Gasteiger partial charge in [-0.3, -0.25) is 4.98 Å². The maximum Gasteiger partial charge on any atom is 0.319 e. The molecule has 7 nitrogen and oxygen atoms in total. The first-order valence-electron chi connectivity index (χ1n) is 14.3. The lowest BCUT2D eigenvalue weighted by Crippen LogP contribution is -2.30. The summed E-state index contributed by atoms with van der Waals surface area (Å²) < 4.78 is 21.1. The van der Waals surface area contributed by atoms with Crippen LogP contribution in [0.15, 0.2) is 48.7 Å². The molecule has 1 atom stereocenters. The molecule has 6 rings (SSSR count). The van der Waals surface area contributed by atoms with Gasteiger partial charge in [0.15, 0.2) is 11.6 Å². The normalized spacial score (nSPS) is 19.4. The molecule has 0 spiro atoms. The molecule has 1 aliphatic carbocycles. The molecule has 3 aromatic rings. The van der Waals surface area contributed by atoms with Crippen LogP contribution in [0.4, 0.5) is 20.6 Å². The van der Waals surface area contributed by atoms with Crippen molar-refractivity contribution in [2.75, 3.05) is 23.7 Å². The van der Waals surface area contributed by atoms with Gasteiger partial charge in [-0.25, -0.2) is 9.18 Å². The van der Waals surface area contributed by atoms with Crippen molar-refractivity contribution in [2.24, 2.45) is 5.92 Å². The lowest BCUT2D eigenvalue weighted by molar-refractivity contribution is 0.251. The average molecular weight is 562 g/mol. The molecular weight excluding hydrogens is 525 g/mol. The summed E-state index contributed by atoms with van der Waals surface area (Å²) >= 11 is 1.58. The van der Waals surface area contributed by atoms with Crippen molar-refractivity contribution in [3.63, 3.8) is 0 Å². The number of hydrogen-bond donors (Lipinski definition) is 4. The fourth-order valence-electron chi connectivity index (χ4n) is 5.37. The summed E-state index contributed by atoms with van der Waals surface area (Å²) in [5.41, 5.74) is 3.55. The summed E-state index contributed by atoms with van der Waals surface area (Å²) in [7, 11) is 0. The summed E-state index contributed by atoms with van der Waals surface area (Å²) in [6.45, 7) is 4.28. The van der Waals surface area contributed by atoms with Gasteiger partial charge in [-0.15, -0.1) is 11.3 Å². The van der Waals surface area contributed by atoms with Crippen molar-refractivity contribution in [2.45, 2.75) is 64.0 Å². The molecule has 1 aromatic carbocycles. The Kier molecular flexibility index (Phi) is 8.02. The molecule has 4 heterocycles. The minimum atomic E-state index is -0.535. The maximum absolute atomic E-state index is 15.0. The number of ether oxygens (including phenoxy) is 1. The van der Waals surface area contributed by atoms with Gasteiger partial charge in [0.1, 0.15) is 5.76 Å². The largest absolute Gasteiger partial charge is 0.453 e. The number of benzene rings is 1. The number of carbonyl (C=O) groups excluding carboxylic acids is 1. The third-order valence-corrected chi connectivity index (χ3v) is 8.77. The van der Waals surface area contributed by atoms with E-state index in [1.807, 2.05) is 19.2 Å². The number of fused-ring (bicyclic) bond motifs is 1. The van der Waals surface area contributed by atoms with Gasteiger partial charge in [0, 0.05) is 30.0 Å². The summed E-state index contributed by atoms with van der Waals surface area (Å²) in [6.07, 6.45) is 12.0. The third-order valence-electron chi connectivity index (χ3n) is 7.60. The number of thiophene rings is 1. The van der Waals surface area contributed by atoms with E-state index in [0.717, 1.165) is 59.4 Å². The smallest absolute Gasteiger partial charge is 0.319 e. The van der Waals surface area contributed by atoms with Gasteiger partial charge in [-0.05, 0) is 107 Å². The van der Waals surface area contributed by atoms with Crippen LogP contribution >= 0.6 is 11.3 Å². The Balaban J connectivity index is 1.14. The number of nitrogens with one attached hydrogen (secondary N) is 4. The van der Waals surface area contributed by atoms with Crippen LogP contribution in [0.2, 0.25) is 0 Å². The molecule has 1 saturated carbocycles. The van der Waals surface area contributed by atoms with E-state index in [4.69, 9.17) is 9.72 Å². The van der Waals surface area contributed by atoms with Crippen molar-refractivity contribution in [1.29, 1.82) is 0 Å². The number of halogens is 1. The Bertz CT molecular complexity index is 1380. The number of nitrogens with zero attached hydrogens (tertiary/aromatic N) is 1. The van der Waals surface area contributed by atoms with Crippen LogP contribution in [0.5, 0.6) is 5.75 Å². The zero-order valence-corrected chi connectivity index (χ0v) is 23.6. The lowest BCUT2D eigenvalue weighted by atomic mass is 9.90. The van der Waals surface area contributed by atoms with Gasteiger partial charge in [0.05, 0.1) is 21.1 Å². The number of amides is 2. The molecule has 210 valence electrons. The number of hydrogen-bond acceptors (Lipinski definition) is 6. The molecule has 3 aliphatic rings. The summed E-state index contributed by atoms with van der Waals surface area (Å²) in [6, 6.07) is 10.8. The molecule has 2 aliphatic heterocycles. The highest BCUT2D eigenvalue weighted by molar-refractivity contribution is 7.17. The molecule has 9 heteroatoms. The number of anilines is 2. The topological polar surface area (TPSA) is 87.3 Å². The highest BCUT2D eigenvalue weighted by Crippen LogP contribution is 2.42. The van der Waals surface area contributed by atoms with Gasteiger partial charge in [-0.1, -0.05) is 6.07 Å². The van der Waals surface area contributed by atoms with Crippen LogP contribution < -0.4 is 26.0 Å². The molecule has 1 saturated heterocycles. The Labute approximate surface area is 238 Å². The Morgan fingerprint density at radius 1 is 1.12 bits per heavy atom. The molecule has 2 fully saturated rings. The molecule has 0 radical (unpaired) electrons. The fraction of sp³-hybridized carbons (Fsp3) is 0.419. The van der Waals surface area contributed by atoms with E-state index < -0.39 is 5.82 Å². The monoisotopic (exact) mass is 561 g/mol. The van der Waals surface area contributed by atoms with Gasteiger partial charge in [-0.2, -0.15) is 0 Å².